The Morgan fingerprint density at radius 1 is 0.952 bits per heavy atom. The molecule has 124 valence electrons. The molecule has 2 rings (SSSR count). The molecule has 2 fully saturated rings. The summed E-state index contributed by atoms with van der Waals surface area (Å²) in [6, 6.07) is 0.717. The average Bonchev–Trinajstić information content (AvgIpc) is 2.52. The maximum atomic E-state index is 5.46. The first kappa shape index (κ1) is 17.2. The minimum absolute atomic E-state index is 0.554. The first-order valence-corrected chi connectivity index (χ1v) is 9.18. The van der Waals surface area contributed by atoms with E-state index in [0.29, 0.717) is 6.10 Å². The third-order valence-corrected chi connectivity index (χ3v) is 5.60. The highest BCUT2D eigenvalue weighted by molar-refractivity contribution is 4.75. The standard InChI is InChI=1S/C18H36N2O/c1-16(2)20-14-12-19(13-15-20)11-5-4-6-17-7-9-18(21-3)10-8-17/h16-18H,4-15H2,1-3H3. The molecule has 3 nitrogen and oxygen atoms in total. The number of hydrogen-bond acceptors (Lipinski definition) is 3. The van der Waals surface area contributed by atoms with Crippen LogP contribution in [0.1, 0.15) is 58.8 Å². The van der Waals surface area contributed by atoms with Gasteiger partial charge in [0.15, 0.2) is 0 Å². The van der Waals surface area contributed by atoms with Crippen molar-refractivity contribution in [2.24, 2.45) is 5.92 Å². The van der Waals surface area contributed by atoms with E-state index in [0.717, 1.165) is 12.0 Å². The number of rotatable bonds is 7. The van der Waals surface area contributed by atoms with Gasteiger partial charge in [-0.2, -0.15) is 0 Å². The van der Waals surface area contributed by atoms with Crippen molar-refractivity contribution in [2.45, 2.75) is 70.9 Å². The maximum absolute atomic E-state index is 5.46. The molecule has 0 aromatic rings. The van der Waals surface area contributed by atoms with Gasteiger partial charge in [-0.15, -0.1) is 0 Å². The van der Waals surface area contributed by atoms with Crippen molar-refractivity contribution in [2.75, 3.05) is 39.8 Å². The number of nitrogens with zero attached hydrogens (tertiary/aromatic N) is 2. The molecule has 0 radical (unpaired) electrons. The molecule has 0 unspecified atom stereocenters. The van der Waals surface area contributed by atoms with Crippen LogP contribution in [0, 0.1) is 5.92 Å². The van der Waals surface area contributed by atoms with E-state index in [1.54, 1.807) is 0 Å². The number of hydrogen-bond donors (Lipinski definition) is 0. The Morgan fingerprint density at radius 2 is 1.62 bits per heavy atom. The molecule has 0 aromatic carbocycles. The second kappa shape index (κ2) is 9.12. The van der Waals surface area contributed by atoms with Crippen LogP contribution in [0.5, 0.6) is 0 Å². The largest absolute Gasteiger partial charge is 0.381 e. The number of unbranched alkanes of at least 4 members (excludes halogenated alkanes) is 1. The van der Waals surface area contributed by atoms with E-state index in [1.807, 2.05) is 7.11 Å². The highest BCUT2D eigenvalue weighted by Crippen LogP contribution is 2.29. The number of piperazine rings is 1. The molecule has 1 heterocycles. The Labute approximate surface area is 132 Å². The summed E-state index contributed by atoms with van der Waals surface area (Å²) in [5.41, 5.74) is 0. The SMILES string of the molecule is COC1CCC(CCCCN2CCN(C(C)C)CC2)CC1. The maximum Gasteiger partial charge on any atom is 0.0571 e. The third kappa shape index (κ3) is 5.88. The Morgan fingerprint density at radius 3 is 2.19 bits per heavy atom. The van der Waals surface area contributed by atoms with Gasteiger partial charge in [0.25, 0.3) is 0 Å². The van der Waals surface area contributed by atoms with Gasteiger partial charge in [-0.3, -0.25) is 4.90 Å². The molecule has 0 atom stereocenters. The predicted molar refractivity (Wildman–Crippen MR) is 89.8 cm³/mol. The second-order valence-electron chi connectivity index (χ2n) is 7.35. The van der Waals surface area contributed by atoms with Crippen LogP contribution in [-0.4, -0.2) is 61.8 Å². The molecule has 0 N–H and O–H groups in total. The molecular weight excluding hydrogens is 260 g/mol. The molecule has 0 bridgehead atoms. The summed E-state index contributed by atoms with van der Waals surface area (Å²) in [7, 11) is 1.87. The van der Waals surface area contributed by atoms with Crippen molar-refractivity contribution >= 4 is 0 Å². The van der Waals surface area contributed by atoms with Crippen molar-refractivity contribution in [1.82, 2.24) is 9.80 Å². The molecule has 0 spiro atoms. The topological polar surface area (TPSA) is 15.7 Å². The van der Waals surface area contributed by atoms with Gasteiger partial charge in [-0.1, -0.05) is 12.8 Å². The van der Waals surface area contributed by atoms with E-state index < -0.39 is 0 Å². The van der Waals surface area contributed by atoms with Crippen LogP contribution in [0.2, 0.25) is 0 Å². The molecule has 3 heteroatoms. The summed E-state index contributed by atoms with van der Waals surface area (Å²) < 4.78 is 5.46. The van der Waals surface area contributed by atoms with Crippen molar-refractivity contribution < 1.29 is 4.74 Å². The smallest absolute Gasteiger partial charge is 0.0571 e. The van der Waals surface area contributed by atoms with Crippen LogP contribution in [0.4, 0.5) is 0 Å². The van der Waals surface area contributed by atoms with Gasteiger partial charge in [0.2, 0.25) is 0 Å². The van der Waals surface area contributed by atoms with Gasteiger partial charge in [0, 0.05) is 39.3 Å². The van der Waals surface area contributed by atoms with Gasteiger partial charge in [0.05, 0.1) is 6.10 Å². The van der Waals surface area contributed by atoms with Crippen molar-refractivity contribution in [3.8, 4) is 0 Å². The predicted octanol–water partition coefficient (Wildman–Crippen LogP) is 3.39. The second-order valence-corrected chi connectivity index (χ2v) is 7.35. The lowest BCUT2D eigenvalue weighted by atomic mass is 9.84. The Bertz CT molecular complexity index is 266. The van der Waals surface area contributed by atoms with Gasteiger partial charge in [-0.25, -0.2) is 0 Å². The Kier molecular flexibility index (Phi) is 7.48. The fraction of sp³-hybridized carbons (Fsp3) is 1.00. The quantitative estimate of drug-likeness (QED) is 0.670. The van der Waals surface area contributed by atoms with Crippen LogP contribution >= 0.6 is 0 Å². The van der Waals surface area contributed by atoms with Crippen LogP contribution in [0.3, 0.4) is 0 Å². The fourth-order valence-electron chi connectivity index (χ4n) is 3.93. The first-order valence-electron chi connectivity index (χ1n) is 9.18. The molecular formula is C18H36N2O. The van der Waals surface area contributed by atoms with E-state index >= 15 is 0 Å². The molecule has 1 aliphatic heterocycles. The van der Waals surface area contributed by atoms with E-state index in [2.05, 4.69) is 23.6 Å². The highest BCUT2D eigenvalue weighted by Gasteiger charge is 2.21. The summed E-state index contributed by atoms with van der Waals surface area (Å²) in [4.78, 5) is 5.27. The van der Waals surface area contributed by atoms with Crippen LogP contribution in [0.25, 0.3) is 0 Å². The highest BCUT2D eigenvalue weighted by atomic mass is 16.5. The molecule has 1 saturated carbocycles. The Hall–Kier alpha value is -0.120. The molecule has 2 aliphatic rings. The van der Waals surface area contributed by atoms with E-state index in [4.69, 9.17) is 4.74 Å². The number of methoxy groups -OCH3 is 1. The van der Waals surface area contributed by atoms with Crippen LogP contribution in [-0.2, 0) is 4.74 Å². The fourth-order valence-corrected chi connectivity index (χ4v) is 3.93. The van der Waals surface area contributed by atoms with Crippen LogP contribution in [0.15, 0.2) is 0 Å². The molecule has 1 saturated heterocycles. The summed E-state index contributed by atoms with van der Waals surface area (Å²) in [5, 5.41) is 0. The van der Waals surface area contributed by atoms with Crippen molar-refractivity contribution in [3.63, 3.8) is 0 Å². The van der Waals surface area contributed by atoms with E-state index in [1.165, 1.54) is 77.7 Å². The minimum Gasteiger partial charge on any atom is -0.381 e. The molecule has 1 aliphatic carbocycles. The zero-order chi connectivity index (χ0) is 15.1. The zero-order valence-corrected chi connectivity index (χ0v) is 14.5. The van der Waals surface area contributed by atoms with Gasteiger partial charge < -0.3 is 9.64 Å². The van der Waals surface area contributed by atoms with Crippen molar-refractivity contribution in [3.05, 3.63) is 0 Å². The lowest BCUT2D eigenvalue weighted by molar-refractivity contribution is 0.0548. The molecule has 21 heavy (non-hydrogen) atoms. The average molecular weight is 296 g/mol. The summed E-state index contributed by atoms with van der Waals surface area (Å²) >= 11 is 0. The molecule has 0 amide bonds. The van der Waals surface area contributed by atoms with Gasteiger partial charge in [0.1, 0.15) is 0 Å². The Balaban J connectivity index is 1.49. The van der Waals surface area contributed by atoms with Crippen molar-refractivity contribution in [1.29, 1.82) is 0 Å². The third-order valence-electron chi connectivity index (χ3n) is 5.60. The van der Waals surface area contributed by atoms with Gasteiger partial charge >= 0.3 is 0 Å². The zero-order valence-electron chi connectivity index (χ0n) is 14.5. The lowest BCUT2D eigenvalue weighted by Gasteiger charge is -2.37. The van der Waals surface area contributed by atoms with E-state index in [-0.39, 0.29) is 0 Å². The normalized spacial score (nSPS) is 29.1. The summed E-state index contributed by atoms with van der Waals surface area (Å²) in [6.45, 7) is 11.0. The summed E-state index contributed by atoms with van der Waals surface area (Å²) in [6.07, 6.45) is 10.2. The van der Waals surface area contributed by atoms with Gasteiger partial charge in [-0.05, 0) is 58.4 Å². The molecule has 0 aromatic heterocycles. The minimum atomic E-state index is 0.554. The summed E-state index contributed by atoms with van der Waals surface area (Å²) in [5.74, 6) is 0.981. The van der Waals surface area contributed by atoms with E-state index in [9.17, 15) is 0 Å². The van der Waals surface area contributed by atoms with Crippen LogP contribution < -0.4 is 0 Å². The monoisotopic (exact) mass is 296 g/mol. The number of ether oxygens (including phenoxy) is 1. The lowest BCUT2D eigenvalue weighted by Crippen LogP contribution is -2.48. The first-order chi connectivity index (χ1) is 10.2.